The van der Waals surface area contributed by atoms with Gasteiger partial charge in [0.05, 0.1) is 23.3 Å². The van der Waals surface area contributed by atoms with Gasteiger partial charge in [0, 0.05) is 27.0 Å². The van der Waals surface area contributed by atoms with E-state index >= 15 is 0 Å². The van der Waals surface area contributed by atoms with E-state index in [4.69, 9.17) is 23.2 Å². The summed E-state index contributed by atoms with van der Waals surface area (Å²) < 4.78 is 1.81. The van der Waals surface area contributed by atoms with Gasteiger partial charge >= 0.3 is 0 Å². The lowest BCUT2D eigenvalue weighted by molar-refractivity contribution is 0.429. The molecule has 0 unspecified atom stereocenters. The Balaban J connectivity index is 1.63. The van der Waals surface area contributed by atoms with Gasteiger partial charge < -0.3 is 9.67 Å². The van der Waals surface area contributed by atoms with Crippen molar-refractivity contribution in [3.63, 3.8) is 0 Å². The van der Waals surface area contributed by atoms with Crippen molar-refractivity contribution < 1.29 is 5.11 Å². The molecule has 0 fully saturated rings. The van der Waals surface area contributed by atoms with E-state index < -0.39 is 0 Å². The predicted octanol–water partition coefficient (Wildman–Crippen LogP) is 7.67. The van der Waals surface area contributed by atoms with E-state index in [1.54, 1.807) is 41.1 Å². The van der Waals surface area contributed by atoms with Crippen molar-refractivity contribution in [2.75, 3.05) is 0 Å². The molecule has 1 N–H and O–H groups in total. The molecule has 0 amide bonds. The van der Waals surface area contributed by atoms with Crippen molar-refractivity contribution in [3.05, 3.63) is 94.6 Å². The van der Waals surface area contributed by atoms with Gasteiger partial charge in [-0.05, 0) is 48.0 Å². The van der Waals surface area contributed by atoms with E-state index in [9.17, 15) is 5.11 Å². The molecule has 0 atom stereocenters. The number of aromatic hydroxyl groups is 1. The summed E-state index contributed by atoms with van der Waals surface area (Å²) in [5, 5.41) is 22.6. The minimum Gasteiger partial charge on any atom is -0.493 e. The smallest absolute Gasteiger partial charge is 0.221 e. The molecule has 0 bridgehead atoms. The number of nitrogens with zero attached hydrogens (tertiary/aromatic N) is 4. The highest BCUT2D eigenvalue weighted by molar-refractivity contribution is 6.31. The number of hydrogen-bond donors (Lipinski definition) is 1. The average Bonchev–Trinajstić information content (AvgIpc) is 3.03. The quantitative estimate of drug-likeness (QED) is 0.288. The molecule has 0 radical (unpaired) electrons. The summed E-state index contributed by atoms with van der Waals surface area (Å²) in [5.74, 6) is 0.0336. The van der Waals surface area contributed by atoms with Crippen LogP contribution < -0.4 is 0 Å². The van der Waals surface area contributed by atoms with E-state index in [1.165, 1.54) is 0 Å². The zero-order chi connectivity index (χ0) is 21.4. The average molecular weight is 447 g/mol. The second kappa shape index (κ2) is 8.02. The fourth-order valence-corrected chi connectivity index (χ4v) is 3.96. The number of pyridine rings is 1. The van der Waals surface area contributed by atoms with E-state index in [-0.39, 0.29) is 5.88 Å². The first kappa shape index (κ1) is 19.5. The molecule has 0 saturated heterocycles. The van der Waals surface area contributed by atoms with Crippen LogP contribution in [0.5, 0.6) is 5.88 Å². The Kier molecular flexibility index (Phi) is 5.06. The highest BCUT2D eigenvalue weighted by atomic mass is 35.5. The first-order valence-corrected chi connectivity index (χ1v) is 10.4. The topological polar surface area (TPSA) is 62.8 Å². The minimum atomic E-state index is 0.0336. The summed E-state index contributed by atoms with van der Waals surface area (Å²) in [7, 11) is 0. The van der Waals surface area contributed by atoms with Crippen molar-refractivity contribution in [1.29, 1.82) is 0 Å². The molecule has 0 saturated carbocycles. The van der Waals surface area contributed by atoms with Crippen molar-refractivity contribution in [3.8, 4) is 5.88 Å². The fourth-order valence-electron chi connectivity index (χ4n) is 3.62. The van der Waals surface area contributed by atoms with Crippen molar-refractivity contribution in [2.24, 2.45) is 10.2 Å². The molecular weight excluding hydrogens is 431 g/mol. The molecule has 0 spiro atoms. The van der Waals surface area contributed by atoms with Gasteiger partial charge in [-0.1, -0.05) is 53.5 Å². The van der Waals surface area contributed by atoms with Crippen LogP contribution in [0.4, 0.5) is 11.4 Å². The van der Waals surface area contributed by atoms with Gasteiger partial charge in [-0.3, -0.25) is 4.98 Å². The zero-order valence-electron chi connectivity index (χ0n) is 16.2. The summed E-state index contributed by atoms with van der Waals surface area (Å²) >= 11 is 12.3. The Bertz CT molecular complexity index is 1450. The lowest BCUT2D eigenvalue weighted by Gasteiger charge is -2.07. The van der Waals surface area contributed by atoms with Gasteiger partial charge in [0.2, 0.25) is 5.88 Å². The van der Waals surface area contributed by atoms with Gasteiger partial charge in [0.1, 0.15) is 0 Å². The van der Waals surface area contributed by atoms with Gasteiger partial charge in [0.15, 0.2) is 5.69 Å². The molecule has 152 valence electrons. The Morgan fingerprint density at radius 2 is 1.61 bits per heavy atom. The lowest BCUT2D eigenvalue weighted by atomic mass is 10.2. The maximum Gasteiger partial charge on any atom is 0.221 e. The molecule has 2 aromatic heterocycles. The third-order valence-electron chi connectivity index (χ3n) is 5.09. The zero-order valence-corrected chi connectivity index (χ0v) is 17.7. The molecule has 3 aromatic carbocycles. The Hall–Kier alpha value is -3.41. The molecule has 5 nitrogen and oxygen atoms in total. The van der Waals surface area contributed by atoms with Crippen molar-refractivity contribution >= 4 is 56.4 Å². The molecule has 0 aliphatic rings. The molecule has 0 aliphatic carbocycles. The van der Waals surface area contributed by atoms with Gasteiger partial charge in [0.25, 0.3) is 0 Å². The van der Waals surface area contributed by atoms with Crippen LogP contribution in [0.25, 0.3) is 21.8 Å². The van der Waals surface area contributed by atoms with Crippen molar-refractivity contribution in [1.82, 2.24) is 9.55 Å². The lowest BCUT2D eigenvalue weighted by Crippen LogP contribution is -1.98. The van der Waals surface area contributed by atoms with E-state index in [0.29, 0.717) is 28.0 Å². The van der Waals surface area contributed by atoms with Gasteiger partial charge in [-0.25, -0.2) is 0 Å². The third kappa shape index (κ3) is 3.74. The SMILES string of the molecule is Oc1c(N=Nc2ccnc3cc(Cl)ccc23)c2cc(Cl)ccc2n1Cc1ccccc1. The van der Waals surface area contributed by atoms with E-state index in [2.05, 4.69) is 15.2 Å². The van der Waals surface area contributed by atoms with Crippen LogP contribution >= 0.6 is 23.2 Å². The van der Waals surface area contributed by atoms with Crippen LogP contribution in [0.2, 0.25) is 10.0 Å². The maximum atomic E-state index is 11.0. The maximum absolute atomic E-state index is 11.0. The third-order valence-corrected chi connectivity index (χ3v) is 5.57. The van der Waals surface area contributed by atoms with Gasteiger partial charge in [-0.15, -0.1) is 10.2 Å². The summed E-state index contributed by atoms with van der Waals surface area (Å²) in [6.45, 7) is 0.497. The molecule has 2 heterocycles. The standard InChI is InChI=1S/C24H16Cl2N4O/c25-16-7-9-22-19(12-16)23(24(31)30(22)14-15-4-2-1-3-5-15)29-28-20-10-11-27-21-13-17(26)6-8-18(20)21/h1-13,31H,14H2. The van der Waals surface area contributed by atoms with Crippen LogP contribution in [0, 0.1) is 0 Å². The van der Waals surface area contributed by atoms with E-state index in [0.717, 1.165) is 27.4 Å². The minimum absolute atomic E-state index is 0.0336. The molecule has 7 heteroatoms. The summed E-state index contributed by atoms with van der Waals surface area (Å²) in [5.41, 5.74) is 3.61. The normalized spacial score (nSPS) is 11.7. The number of rotatable bonds is 4. The highest BCUT2D eigenvalue weighted by Gasteiger charge is 2.17. The largest absolute Gasteiger partial charge is 0.493 e. The molecular formula is C24H16Cl2N4O. The summed E-state index contributed by atoms with van der Waals surface area (Å²) in [6.07, 6.45) is 1.66. The van der Waals surface area contributed by atoms with Gasteiger partial charge in [-0.2, -0.15) is 0 Å². The number of fused-ring (bicyclic) bond motifs is 2. The van der Waals surface area contributed by atoms with E-state index in [1.807, 2.05) is 42.5 Å². The van der Waals surface area contributed by atoms with Crippen molar-refractivity contribution in [2.45, 2.75) is 6.54 Å². The highest BCUT2D eigenvalue weighted by Crippen LogP contribution is 2.41. The number of aromatic nitrogens is 2. The first-order valence-electron chi connectivity index (χ1n) is 9.61. The first-order chi connectivity index (χ1) is 15.1. The Morgan fingerprint density at radius 1 is 0.839 bits per heavy atom. The van der Waals surface area contributed by atoms with Crippen LogP contribution in [0.1, 0.15) is 5.56 Å². The van der Waals surface area contributed by atoms with Crippen LogP contribution in [-0.2, 0) is 6.54 Å². The van der Waals surface area contributed by atoms with Crippen LogP contribution in [0.3, 0.4) is 0 Å². The fraction of sp³-hybridized carbons (Fsp3) is 0.0417. The van der Waals surface area contributed by atoms with Crippen LogP contribution in [0.15, 0.2) is 89.2 Å². The van der Waals surface area contributed by atoms with Crippen LogP contribution in [-0.4, -0.2) is 14.7 Å². The summed E-state index contributed by atoms with van der Waals surface area (Å²) in [6, 6.07) is 22.6. The Morgan fingerprint density at radius 3 is 2.45 bits per heavy atom. The number of azo groups is 1. The number of halogens is 2. The second-order valence-corrected chi connectivity index (χ2v) is 7.97. The number of benzene rings is 3. The monoisotopic (exact) mass is 446 g/mol. The molecule has 5 rings (SSSR count). The second-order valence-electron chi connectivity index (χ2n) is 7.10. The molecule has 0 aliphatic heterocycles. The predicted molar refractivity (Wildman–Crippen MR) is 125 cm³/mol. The molecule has 5 aromatic rings. The number of hydrogen-bond acceptors (Lipinski definition) is 4. The molecule has 31 heavy (non-hydrogen) atoms. The summed E-state index contributed by atoms with van der Waals surface area (Å²) in [4.78, 5) is 4.33. The Labute approximate surface area is 188 Å².